The second-order valence-electron chi connectivity index (χ2n) is 3.99. The molecule has 0 bridgehead atoms. The second kappa shape index (κ2) is 5.11. The summed E-state index contributed by atoms with van der Waals surface area (Å²) in [7, 11) is 0. The van der Waals surface area contributed by atoms with E-state index >= 15 is 0 Å². The predicted molar refractivity (Wildman–Crippen MR) is 77.4 cm³/mol. The zero-order valence-electron chi connectivity index (χ0n) is 10.0. The number of nitrogens with two attached hydrogens (primary N) is 1. The molecule has 0 unspecified atom stereocenters. The summed E-state index contributed by atoms with van der Waals surface area (Å²) in [6.45, 7) is 0. The molecule has 0 aliphatic rings. The van der Waals surface area contributed by atoms with Crippen LogP contribution < -0.4 is 5.73 Å². The molecule has 0 aliphatic heterocycles. The van der Waals surface area contributed by atoms with Crippen molar-refractivity contribution in [2.75, 3.05) is 5.73 Å². The van der Waals surface area contributed by atoms with E-state index in [1.807, 2.05) is 0 Å². The Balaban J connectivity index is 2.02. The fraction of sp³-hybridized carbons (Fsp3) is 0. The van der Waals surface area contributed by atoms with Gasteiger partial charge in [0, 0.05) is 11.8 Å². The third-order valence-corrected chi connectivity index (χ3v) is 3.38. The van der Waals surface area contributed by atoms with E-state index in [0.717, 1.165) is 0 Å². The van der Waals surface area contributed by atoms with Crippen LogP contribution in [0.3, 0.4) is 0 Å². The lowest BCUT2D eigenvalue weighted by Crippen LogP contribution is -1.92. The molecule has 0 atom stereocenters. The summed E-state index contributed by atoms with van der Waals surface area (Å²) in [5, 5.41) is 4.78. The molecule has 2 N–H and O–H groups in total. The quantitative estimate of drug-likeness (QED) is 0.781. The van der Waals surface area contributed by atoms with Gasteiger partial charge in [-0.15, -0.1) is 0 Å². The molecule has 3 rings (SSSR count). The van der Waals surface area contributed by atoms with Crippen LogP contribution in [0.2, 0.25) is 10.0 Å². The zero-order chi connectivity index (χ0) is 14.1. The Hall–Kier alpha value is -2.11. The van der Waals surface area contributed by atoms with Gasteiger partial charge in [-0.3, -0.25) is 0 Å². The summed E-state index contributed by atoms with van der Waals surface area (Å²) in [5.74, 6) is 0.646. The van der Waals surface area contributed by atoms with Crippen molar-refractivity contribution in [3.63, 3.8) is 0 Å². The van der Waals surface area contributed by atoms with Crippen LogP contribution in [0.4, 0.5) is 5.69 Å². The summed E-state index contributed by atoms with van der Waals surface area (Å²) < 4.78 is 5.18. The first kappa shape index (κ1) is 12.9. The van der Waals surface area contributed by atoms with E-state index in [2.05, 4.69) is 15.1 Å². The van der Waals surface area contributed by atoms with Gasteiger partial charge in [-0.2, -0.15) is 4.98 Å². The highest BCUT2D eigenvalue weighted by Crippen LogP contribution is 2.29. The third kappa shape index (κ3) is 2.33. The molecule has 2 aromatic heterocycles. The Morgan fingerprint density at radius 3 is 2.70 bits per heavy atom. The summed E-state index contributed by atoms with van der Waals surface area (Å²) in [4.78, 5) is 8.38. The minimum atomic E-state index is 0.254. The van der Waals surface area contributed by atoms with Crippen LogP contribution in [0.25, 0.3) is 23.0 Å². The first-order valence-corrected chi connectivity index (χ1v) is 6.41. The Kier molecular flexibility index (Phi) is 3.30. The lowest BCUT2D eigenvalue weighted by molar-refractivity contribution is 0.431. The summed E-state index contributed by atoms with van der Waals surface area (Å²) in [6, 6.07) is 8.54. The molecule has 5 nitrogen and oxygen atoms in total. The second-order valence-corrected chi connectivity index (χ2v) is 4.81. The highest BCUT2D eigenvalue weighted by Gasteiger charge is 2.14. The summed E-state index contributed by atoms with van der Waals surface area (Å²) in [6.07, 6.45) is 1.61. The third-order valence-electron chi connectivity index (χ3n) is 2.65. The van der Waals surface area contributed by atoms with Gasteiger partial charge in [-0.05, 0) is 30.3 Å². The molecular weight excluding hydrogens is 299 g/mol. The van der Waals surface area contributed by atoms with Crippen LogP contribution >= 0.6 is 23.2 Å². The first-order chi connectivity index (χ1) is 9.65. The van der Waals surface area contributed by atoms with Crippen LogP contribution in [0.1, 0.15) is 0 Å². The standard InChI is InChI=1S/C13H8Cl2N4O/c14-8-4-3-7(6-9(8)15)12-18-13(20-19-12)11-10(16)2-1-5-17-11/h1-6H,16H2. The fourth-order valence-corrected chi connectivity index (χ4v) is 1.97. The zero-order valence-corrected chi connectivity index (χ0v) is 11.6. The van der Waals surface area contributed by atoms with Crippen LogP contribution in [0, 0.1) is 0 Å². The number of hydrogen-bond donors (Lipinski definition) is 1. The van der Waals surface area contributed by atoms with E-state index in [4.69, 9.17) is 33.5 Å². The van der Waals surface area contributed by atoms with E-state index in [-0.39, 0.29) is 5.89 Å². The Bertz CT molecular complexity index is 773. The summed E-state index contributed by atoms with van der Waals surface area (Å²) >= 11 is 11.8. The number of hydrogen-bond acceptors (Lipinski definition) is 5. The van der Waals surface area contributed by atoms with Crippen molar-refractivity contribution in [2.24, 2.45) is 0 Å². The number of rotatable bonds is 2. The van der Waals surface area contributed by atoms with Crippen molar-refractivity contribution in [3.05, 3.63) is 46.6 Å². The number of nitrogen functional groups attached to an aromatic ring is 1. The molecular formula is C13H8Cl2N4O. The van der Waals surface area contributed by atoms with Crippen molar-refractivity contribution < 1.29 is 4.52 Å². The van der Waals surface area contributed by atoms with Crippen molar-refractivity contribution in [2.45, 2.75) is 0 Å². The molecule has 0 fully saturated rings. The van der Waals surface area contributed by atoms with Gasteiger partial charge in [0.15, 0.2) is 5.69 Å². The monoisotopic (exact) mass is 306 g/mol. The van der Waals surface area contributed by atoms with Crippen molar-refractivity contribution in [3.8, 4) is 23.0 Å². The van der Waals surface area contributed by atoms with Crippen molar-refractivity contribution in [1.29, 1.82) is 0 Å². The molecule has 7 heteroatoms. The number of halogens is 2. The lowest BCUT2D eigenvalue weighted by Gasteiger charge is -1.98. The van der Waals surface area contributed by atoms with Gasteiger partial charge in [0.1, 0.15) is 0 Å². The molecule has 3 aromatic rings. The first-order valence-electron chi connectivity index (χ1n) is 5.65. The molecule has 20 heavy (non-hydrogen) atoms. The van der Waals surface area contributed by atoms with E-state index in [0.29, 0.717) is 32.8 Å². The number of anilines is 1. The van der Waals surface area contributed by atoms with Crippen molar-refractivity contribution >= 4 is 28.9 Å². The van der Waals surface area contributed by atoms with Crippen LogP contribution in [0.5, 0.6) is 0 Å². The number of pyridine rings is 1. The molecule has 100 valence electrons. The predicted octanol–water partition coefficient (Wildman–Crippen LogP) is 3.69. The SMILES string of the molecule is Nc1cccnc1-c1nc(-c2ccc(Cl)c(Cl)c2)no1. The van der Waals surface area contributed by atoms with E-state index in [1.165, 1.54) is 0 Å². The number of nitrogens with zero attached hydrogens (tertiary/aromatic N) is 3. The van der Waals surface area contributed by atoms with Crippen LogP contribution in [-0.4, -0.2) is 15.1 Å². The maximum absolute atomic E-state index is 5.96. The average Bonchev–Trinajstić information content (AvgIpc) is 2.92. The number of benzene rings is 1. The Labute approximate surface area is 124 Å². The lowest BCUT2D eigenvalue weighted by atomic mass is 10.2. The molecule has 0 saturated carbocycles. The van der Waals surface area contributed by atoms with Gasteiger partial charge in [0.05, 0.1) is 15.7 Å². The molecule has 2 heterocycles. The summed E-state index contributed by atoms with van der Waals surface area (Å²) in [5.41, 5.74) is 7.43. The van der Waals surface area contributed by atoms with Gasteiger partial charge in [-0.1, -0.05) is 28.4 Å². The van der Waals surface area contributed by atoms with E-state index in [1.54, 1.807) is 36.5 Å². The Morgan fingerprint density at radius 2 is 1.95 bits per heavy atom. The molecule has 0 radical (unpaired) electrons. The normalized spacial score (nSPS) is 10.7. The van der Waals surface area contributed by atoms with Gasteiger partial charge < -0.3 is 10.3 Å². The maximum atomic E-state index is 5.96. The molecule has 0 spiro atoms. The van der Waals surface area contributed by atoms with E-state index < -0.39 is 0 Å². The largest absolute Gasteiger partial charge is 0.397 e. The highest BCUT2D eigenvalue weighted by molar-refractivity contribution is 6.42. The van der Waals surface area contributed by atoms with Gasteiger partial charge >= 0.3 is 0 Å². The van der Waals surface area contributed by atoms with Gasteiger partial charge in [0.2, 0.25) is 5.82 Å². The van der Waals surface area contributed by atoms with E-state index in [9.17, 15) is 0 Å². The molecule has 0 aliphatic carbocycles. The van der Waals surface area contributed by atoms with Crippen molar-refractivity contribution in [1.82, 2.24) is 15.1 Å². The average molecular weight is 307 g/mol. The topological polar surface area (TPSA) is 77.8 Å². The highest BCUT2D eigenvalue weighted by atomic mass is 35.5. The van der Waals surface area contributed by atoms with Crippen LogP contribution in [-0.2, 0) is 0 Å². The Morgan fingerprint density at radius 1 is 1.10 bits per heavy atom. The minimum absolute atomic E-state index is 0.254. The molecule has 0 saturated heterocycles. The maximum Gasteiger partial charge on any atom is 0.278 e. The molecule has 0 amide bonds. The smallest absolute Gasteiger partial charge is 0.278 e. The minimum Gasteiger partial charge on any atom is -0.397 e. The fourth-order valence-electron chi connectivity index (χ4n) is 1.67. The van der Waals surface area contributed by atoms with Gasteiger partial charge in [0.25, 0.3) is 5.89 Å². The molecule has 1 aromatic carbocycles. The van der Waals surface area contributed by atoms with Crippen LogP contribution in [0.15, 0.2) is 41.1 Å². The number of aromatic nitrogens is 3. The van der Waals surface area contributed by atoms with Gasteiger partial charge in [-0.25, -0.2) is 4.98 Å².